The molecule has 1 aromatic heterocycles. The molecule has 1 aliphatic rings. The third kappa shape index (κ3) is 5.12. The summed E-state index contributed by atoms with van der Waals surface area (Å²) in [5, 5.41) is 3.69. The van der Waals surface area contributed by atoms with Crippen LogP contribution in [0.25, 0.3) is 0 Å². The summed E-state index contributed by atoms with van der Waals surface area (Å²) < 4.78 is 41.4. The molecule has 162 valence electrons. The van der Waals surface area contributed by atoms with Gasteiger partial charge in [-0.3, -0.25) is 14.4 Å². The first-order chi connectivity index (χ1) is 13.6. The van der Waals surface area contributed by atoms with Gasteiger partial charge in [-0.05, 0) is 26.7 Å². The Morgan fingerprint density at radius 3 is 2.24 bits per heavy atom. The Hall–Kier alpha value is -2.47. The highest BCUT2D eigenvalue weighted by atomic mass is 32.2. The van der Waals surface area contributed by atoms with Gasteiger partial charge in [0, 0.05) is 13.1 Å². The Kier molecular flexibility index (Phi) is 7.36. The number of nitrogens with zero attached hydrogens (tertiary/aromatic N) is 3. The molecule has 29 heavy (non-hydrogen) atoms. The molecule has 0 spiro atoms. The maximum absolute atomic E-state index is 13.0. The maximum atomic E-state index is 13.0. The largest absolute Gasteiger partial charge is 0.468 e. The minimum absolute atomic E-state index is 0.00780. The van der Waals surface area contributed by atoms with Gasteiger partial charge in [0.25, 0.3) is 0 Å². The molecular weight excluding hydrogens is 406 g/mol. The monoisotopic (exact) mass is 431 g/mol. The van der Waals surface area contributed by atoms with Crippen molar-refractivity contribution in [2.24, 2.45) is 5.92 Å². The second-order valence-corrected chi connectivity index (χ2v) is 8.58. The zero-order valence-electron chi connectivity index (χ0n) is 16.8. The average Bonchev–Trinajstić information content (AvgIpc) is 3.05. The first-order valence-corrected chi connectivity index (χ1v) is 10.4. The number of sulfonamides is 1. The molecule has 1 amide bonds. The van der Waals surface area contributed by atoms with Crippen LogP contribution >= 0.6 is 0 Å². The van der Waals surface area contributed by atoms with Crippen LogP contribution in [0.2, 0.25) is 0 Å². The number of aromatic nitrogens is 1. The number of ether oxygens (including phenoxy) is 2. The SMILES string of the molecule is COC(=O)CN(CC(=O)OC)C(=O)C1CCCN(S(=O)(=O)c2c(C)noc2C)C1. The van der Waals surface area contributed by atoms with Crippen molar-refractivity contribution in [3.8, 4) is 0 Å². The molecule has 12 heteroatoms. The van der Waals surface area contributed by atoms with Gasteiger partial charge in [-0.2, -0.15) is 4.31 Å². The molecule has 0 bridgehead atoms. The average molecular weight is 431 g/mol. The predicted octanol–water partition coefficient (Wildman–Crippen LogP) is -0.133. The van der Waals surface area contributed by atoms with E-state index in [1.807, 2.05) is 0 Å². The molecule has 1 aliphatic heterocycles. The van der Waals surface area contributed by atoms with E-state index >= 15 is 0 Å². The minimum atomic E-state index is -3.90. The van der Waals surface area contributed by atoms with Gasteiger partial charge in [0.15, 0.2) is 5.76 Å². The van der Waals surface area contributed by atoms with E-state index in [2.05, 4.69) is 14.6 Å². The van der Waals surface area contributed by atoms with E-state index in [0.29, 0.717) is 12.8 Å². The normalized spacial score (nSPS) is 17.6. The minimum Gasteiger partial charge on any atom is -0.468 e. The molecule has 0 saturated carbocycles. The lowest BCUT2D eigenvalue weighted by Gasteiger charge is -2.33. The lowest BCUT2D eigenvalue weighted by molar-refractivity contribution is -0.154. The molecule has 0 N–H and O–H groups in total. The van der Waals surface area contributed by atoms with Gasteiger partial charge in [-0.25, -0.2) is 8.42 Å². The zero-order valence-corrected chi connectivity index (χ0v) is 17.7. The van der Waals surface area contributed by atoms with Crippen molar-refractivity contribution >= 4 is 27.9 Å². The van der Waals surface area contributed by atoms with Crippen molar-refractivity contribution in [2.45, 2.75) is 31.6 Å². The molecule has 1 fully saturated rings. The highest BCUT2D eigenvalue weighted by Crippen LogP contribution is 2.28. The summed E-state index contributed by atoms with van der Waals surface area (Å²) >= 11 is 0. The lowest BCUT2D eigenvalue weighted by Crippen LogP contribution is -2.49. The molecule has 2 heterocycles. The number of amides is 1. The Bertz CT molecular complexity index is 842. The molecule has 1 saturated heterocycles. The third-order valence-corrected chi connectivity index (χ3v) is 6.82. The van der Waals surface area contributed by atoms with E-state index in [1.165, 1.54) is 32.4 Å². The first-order valence-electron chi connectivity index (χ1n) is 8.97. The number of hydrogen-bond acceptors (Lipinski definition) is 9. The summed E-state index contributed by atoms with van der Waals surface area (Å²) in [5.74, 6) is -2.45. The summed E-state index contributed by atoms with van der Waals surface area (Å²) in [4.78, 5) is 37.2. The molecule has 11 nitrogen and oxygen atoms in total. The molecule has 0 aliphatic carbocycles. The smallest absolute Gasteiger partial charge is 0.325 e. The van der Waals surface area contributed by atoms with Crippen molar-refractivity contribution in [1.29, 1.82) is 0 Å². The Morgan fingerprint density at radius 2 is 1.76 bits per heavy atom. The summed E-state index contributed by atoms with van der Waals surface area (Å²) in [6, 6.07) is 0. The van der Waals surface area contributed by atoms with Gasteiger partial charge in [0.2, 0.25) is 15.9 Å². The number of esters is 2. The van der Waals surface area contributed by atoms with Crippen molar-refractivity contribution in [1.82, 2.24) is 14.4 Å². The standard InChI is InChI=1S/C17H25N3O8S/c1-11-16(12(2)28-18-11)29(24,25)20-7-5-6-13(8-20)17(23)19(9-14(21)26-3)10-15(22)27-4/h13H,5-10H2,1-4H3. The molecule has 1 unspecified atom stereocenters. The van der Waals surface area contributed by atoms with E-state index in [4.69, 9.17) is 4.52 Å². The van der Waals surface area contributed by atoms with Crippen LogP contribution in [0.5, 0.6) is 0 Å². The van der Waals surface area contributed by atoms with Crippen molar-refractivity contribution in [3.63, 3.8) is 0 Å². The van der Waals surface area contributed by atoms with Crippen molar-refractivity contribution < 1.29 is 36.8 Å². The van der Waals surface area contributed by atoms with Crippen LogP contribution in [0, 0.1) is 19.8 Å². The van der Waals surface area contributed by atoms with Crippen LogP contribution in [-0.4, -0.2) is 81.0 Å². The van der Waals surface area contributed by atoms with Gasteiger partial charge in [-0.15, -0.1) is 0 Å². The van der Waals surface area contributed by atoms with Crippen LogP contribution in [-0.2, 0) is 33.9 Å². The number of carbonyl (C=O) groups excluding carboxylic acids is 3. The third-order valence-electron chi connectivity index (χ3n) is 4.71. The second-order valence-electron chi connectivity index (χ2n) is 6.70. The number of piperidine rings is 1. The van der Waals surface area contributed by atoms with Crippen molar-refractivity contribution in [2.75, 3.05) is 40.4 Å². The maximum Gasteiger partial charge on any atom is 0.325 e. The van der Waals surface area contributed by atoms with Gasteiger partial charge >= 0.3 is 11.9 Å². The van der Waals surface area contributed by atoms with Crippen LogP contribution in [0.1, 0.15) is 24.3 Å². The molecule has 2 rings (SSSR count). The van der Waals surface area contributed by atoms with Crippen LogP contribution in [0.15, 0.2) is 9.42 Å². The fraction of sp³-hybridized carbons (Fsp3) is 0.647. The van der Waals surface area contributed by atoms with Crippen LogP contribution in [0.4, 0.5) is 0 Å². The van der Waals surface area contributed by atoms with Gasteiger partial charge in [0.05, 0.1) is 20.1 Å². The van der Waals surface area contributed by atoms with E-state index in [-0.39, 0.29) is 29.4 Å². The molecule has 1 atom stereocenters. The topological polar surface area (TPSA) is 136 Å². The fourth-order valence-electron chi connectivity index (χ4n) is 3.24. The van der Waals surface area contributed by atoms with Crippen molar-refractivity contribution in [3.05, 3.63) is 11.5 Å². The fourth-order valence-corrected chi connectivity index (χ4v) is 5.06. The van der Waals surface area contributed by atoms with Crippen LogP contribution < -0.4 is 0 Å². The first kappa shape index (κ1) is 22.8. The highest BCUT2D eigenvalue weighted by molar-refractivity contribution is 7.89. The van der Waals surface area contributed by atoms with E-state index in [1.54, 1.807) is 0 Å². The van der Waals surface area contributed by atoms with Gasteiger partial charge in [0.1, 0.15) is 23.7 Å². The summed E-state index contributed by atoms with van der Waals surface area (Å²) in [6.07, 6.45) is 0.870. The summed E-state index contributed by atoms with van der Waals surface area (Å²) in [5.41, 5.74) is 0.244. The number of rotatable bonds is 7. The number of aryl methyl sites for hydroxylation is 2. The molecule has 1 aromatic rings. The molecular formula is C17H25N3O8S. The van der Waals surface area contributed by atoms with E-state index < -0.39 is 46.9 Å². The quantitative estimate of drug-likeness (QED) is 0.540. The molecule has 0 aromatic carbocycles. The van der Waals surface area contributed by atoms with E-state index in [0.717, 1.165) is 4.90 Å². The number of hydrogen-bond donors (Lipinski definition) is 0. The zero-order chi connectivity index (χ0) is 21.8. The Labute approximate surface area is 168 Å². The second kappa shape index (κ2) is 9.35. The van der Waals surface area contributed by atoms with Gasteiger partial charge in [-0.1, -0.05) is 5.16 Å². The molecule has 0 radical (unpaired) electrons. The number of carbonyl (C=O) groups is 3. The summed E-state index contributed by atoms with van der Waals surface area (Å²) in [6.45, 7) is 2.34. The summed E-state index contributed by atoms with van der Waals surface area (Å²) in [7, 11) is -1.57. The lowest BCUT2D eigenvalue weighted by atomic mass is 9.98. The predicted molar refractivity (Wildman–Crippen MR) is 98.1 cm³/mol. The van der Waals surface area contributed by atoms with E-state index in [9.17, 15) is 22.8 Å². The highest BCUT2D eigenvalue weighted by Gasteiger charge is 2.38. The Morgan fingerprint density at radius 1 is 1.17 bits per heavy atom. The van der Waals surface area contributed by atoms with Crippen LogP contribution in [0.3, 0.4) is 0 Å². The van der Waals surface area contributed by atoms with Gasteiger partial charge < -0.3 is 18.9 Å². The number of methoxy groups -OCH3 is 2. The Balaban J connectivity index is 2.22.